The maximum atomic E-state index is 13.1. The van der Waals surface area contributed by atoms with Gasteiger partial charge in [-0.1, -0.05) is 12.1 Å². The molecule has 0 unspecified atom stereocenters. The number of hydrogen-bond donors (Lipinski definition) is 1. The molecule has 1 saturated heterocycles. The van der Waals surface area contributed by atoms with Crippen molar-refractivity contribution >= 4 is 21.6 Å². The van der Waals surface area contributed by atoms with E-state index in [4.69, 9.17) is 10.5 Å². The molecule has 1 fully saturated rings. The van der Waals surface area contributed by atoms with Crippen LogP contribution in [0.4, 0.5) is 5.69 Å². The van der Waals surface area contributed by atoms with E-state index in [-0.39, 0.29) is 10.8 Å². The van der Waals surface area contributed by atoms with Gasteiger partial charge in [-0.3, -0.25) is 4.79 Å². The van der Waals surface area contributed by atoms with Crippen LogP contribution in [0.15, 0.2) is 53.4 Å². The van der Waals surface area contributed by atoms with Crippen molar-refractivity contribution in [1.82, 2.24) is 4.31 Å². The van der Waals surface area contributed by atoms with E-state index in [1.807, 2.05) is 24.3 Å². The smallest absolute Gasteiger partial charge is 0.245 e. The SMILES string of the molecule is COc1ccc(S(=O)(=O)N2CCC[C@H]2C(=O)N(C)c2ccc(CN)cc2)cc1. The first-order valence-electron chi connectivity index (χ1n) is 9.11. The van der Waals surface area contributed by atoms with Crippen LogP contribution in [0, 0.1) is 0 Å². The first kappa shape index (κ1) is 20.3. The molecule has 0 spiro atoms. The fourth-order valence-electron chi connectivity index (χ4n) is 3.36. The van der Waals surface area contributed by atoms with Gasteiger partial charge in [0.2, 0.25) is 15.9 Å². The standard InChI is InChI=1S/C20H25N3O4S/c1-22(16-7-5-15(14-21)6-8-16)20(24)19-4-3-13-23(19)28(25,26)18-11-9-17(27-2)10-12-18/h5-12,19H,3-4,13-14,21H2,1-2H3/t19-/m0/s1. The number of hydrogen-bond acceptors (Lipinski definition) is 5. The topological polar surface area (TPSA) is 92.9 Å². The van der Waals surface area contributed by atoms with Gasteiger partial charge in [-0.05, 0) is 54.8 Å². The summed E-state index contributed by atoms with van der Waals surface area (Å²) in [6.45, 7) is 0.749. The van der Waals surface area contributed by atoms with Gasteiger partial charge in [0.05, 0.1) is 12.0 Å². The highest BCUT2D eigenvalue weighted by molar-refractivity contribution is 7.89. The second-order valence-corrected chi connectivity index (χ2v) is 8.61. The van der Waals surface area contributed by atoms with Crippen molar-refractivity contribution in [3.05, 3.63) is 54.1 Å². The van der Waals surface area contributed by atoms with E-state index < -0.39 is 16.1 Å². The second-order valence-electron chi connectivity index (χ2n) is 6.72. The van der Waals surface area contributed by atoms with Crippen LogP contribution < -0.4 is 15.4 Å². The number of nitrogens with zero attached hydrogens (tertiary/aromatic N) is 2. The molecule has 1 aliphatic heterocycles. The number of benzene rings is 2. The Kier molecular flexibility index (Phi) is 6.02. The average molecular weight is 404 g/mol. The lowest BCUT2D eigenvalue weighted by Crippen LogP contribution is -2.46. The molecule has 8 heteroatoms. The summed E-state index contributed by atoms with van der Waals surface area (Å²) < 4.78 is 32.6. The van der Waals surface area contributed by atoms with Crippen molar-refractivity contribution in [3.8, 4) is 5.75 Å². The summed E-state index contributed by atoms with van der Waals surface area (Å²) in [5, 5.41) is 0. The molecule has 1 heterocycles. The molecule has 1 aliphatic rings. The predicted octanol–water partition coefficient (Wildman–Crippen LogP) is 1.97. The zero-order valence-corrected chi connectivity index (χ0v) is 16.9. The molecular weight excluding hydrogens is 378 g/mol. The number of anilines is 1. The number of carbonyl (C=O) groups excluding carboxylic acids is 1. The van der Waals surface area contributed by atoms with Crippen LogP contribution in [0.25, 0.3) is 0 Å². The predicted molar refractivity (Wildman–Crippen MR) is 108 cm³/mol. The summed E-state index contributed by atoms with van der Waals surface area (Å²) in [4.78, 5) is 14.7. The molecule has 2 aromatic rings. The van der Waals surface area contributed by atoms with Crippen molar-refractivity contribution in [2.45, 2.75) is 30.3 Å². The van der Waals surface area contributed by atoms with Crippen molar-refractivity contribution in [1.29, 1.82) is 0 Å². The van der Waals surface area contributed by atoms with Gasteiger partial charge in [0.15, 0.2) is 0 Å². The Morgan fingerprint density at radius 2 is 1.82 bits per heavy atom. The lowest BCUT2D eigenvalue weighted by Gasteiger charge is -2.27. The Balaban J connectivity index is 1.83. The minimum absolute atomic E-state index is 0.156. The molecule has 7 nitrogen and oxygen atoms in total. The van der Waals surface area contributed by atoms with E-state index in [1.54, 1.807) is 19.2 Å². The third-order valence-electron chi connectivity index (χ3n) is 5.04. The highest BCUT2D eigenvalue weighted by Gasteiger charge is 2.40. The highest BCUT2D eigenvalue weighted by atomic mass is 32.2. The van der Waals surface area contributed by atoms with E-state index in [2.05, 4.69) is 0 Å². The average Bonchev–Trinajstić information content (AvgIpc) is 3.23. The minimum Gasteiger partial charge on any atom is -0.497 e. The minimum atomic E-state index is -3.77. The number of rotatable bonds is 6. The Morgan fingerprint density at radius 1 is 1.18 bits per heavy atom. The zero-order valence-electron chi connectivity index (χ0n) is 16.0. The Hall–Kier alpha value is -2.42. The zero-order chi connectivity index (χ0) is 20.3. The number of nitrogens with two attached hydrogens (primary N) is 1. The van der Waals surface area contributed by atoms with E-state index in [1.165, 1.54) is 28.4 Å². The van der Waals surface area contributed by atoms with E-state index in [0.29, 0.717) is 37.4 Å². The number of amides is 1. The summed E-state index contributed by atoms with van der Waals surface area (Å²) in [5.41, 5.74) is 7.28. The van der Waals surface area contributed by atoms with Crippen LogP contribution in [0.3, 0.4) is 0 Å². The molecule has 0 radical (unpaired) electrons. The summed E-state index contributed by atoms with van der Waals surface area (Å²) in [6, 6.07) is 12.8. The molecule has 2 aromatic carbocycles. The molecule has 28 heavy (non-hydrogen) atoms. The Bertz CT molecular complexity index is 927. The Labute approximate surface area is 165 Å². The number of likely N-dealkylation sites (N-methyl/N-ethyl adjacent to an activating group) is 1. The maximum Gasteiger partial charge on any atom is 0.245 e. The lowest BCUT2D eigenvalue weighted by atomic mass is 10.1. The normalized spacial score (nSPS) is 17.5. The highest BCUT2D eigenvalue weighted by Crippen LogP contribution is 2.29. The van der Waals surface area contributed by atoms with Crippen molar-refractivity contribution in [2.75, 3.05) is 25.6 Å². The molecule has 3 rings (SSSR count). The number of ether oxygens (including phenoxy) is 1. The monoisotopic (exact) mass is 403 g/mol. The van der Waals surface area contributed by atoms with Crippen LogP contribution in [-0.2, 0) is 21.4 Å². The molecule has 0 aliphatic carbocycles. The summed E-state index contributed by atoms with van der Waals surface area (Å²) in [5.74, 6) is 0.337. The third kappa shape index (κ3) is 3.89. The number of methoxy groups -OCH3 is 1. The van der Waals surface area contributed by atoms with Crippen LogP contribution in [0.5, 0.6) is 5.75 Å². The number of sulfonamides is 1. The quantitative estimate of drug-likeness (QED) is 0.796. The van der Waals surface area contributed by atoms with Gasteiger partial charge in [0.1, 0.15) is 11.8 Å². The van der Waals surface area contributed by atoms with Gasteiger partial charge < -0.3 is 15.4 Å². The van der Waals surface area contributed by atoms with Gasteiger partial charge in [-0.25, -0.2) is 8.42 Å². The molecular formula is C20H25N3O4S. The molecule has 2 N–H and O–H groups in total. The fourth-order valence-corrected chi connectivity index (χ4v) is 5.02. The van der Waals surface area contributed by atoms with Crippen molar-refractivity contribution in [2.24, 2.45) is 5.73 Å². The van der Waals surface area contributed by atoms with Crippen molar-refractivity contribution in [3.63, 3.8) is 0 Å². The van der Waals surface area contributed by atoms with Gasteiger partial charge in [0.25, 0.3) is 0 Å². The first-order chi connectivity index (χ1) is 13.4. The fraction of sp³-hybridized carbons (Fsp3) is 0.350. The molecule has 0 aromatic heterocycles. The maximum absolute atomic E-state index is 13.1. The summed E-state index contributed by atoms with van der Waals surface area (Å²) in [7, 11) is -0.585. The molecule has 150 valence electrons. The van der Waals surface area contributed by atoms with Crippen LogP contribution in [0.2, 0.25) is 0 Å². The largest absolute Gasteiger partial charge is 0.497 e. The Morgan fingerprint density at radius 3 is 2.39 bits per heavy atom. The summed E-state index contributed by atoms with van der Waals surface area (Å²) >= 11 is 0. The molecule has 1 amide bonds. The van der Waals surface area contributed by atoms with E-state index >= 15 is 0 Å². The molecule has 1 atom stereocenters. The van der Waals surface area contributed by atoms with Gasteiger partial charge in [-0.2, -0.15) is 4.31 Å². The first-order valence-corrected chi connectivity index (χ1v) is 10.5. The molecule has 0 bridgehead atoms. The number of carbonyl (C=O) groups is 1. The van der Waals surface area contributed by atoms with Crippen molar-refractivity contribution < 1.29 is 17.9 Å². The van der Waals surface area contributed by atoms with E-state index in [9.17, 15) is 13.2 Å². The van der Waals surface area contributed by atoms with E-state index in [0.717, 1.165) is 5.56 Å². The lowest BCUT2D eigenvalue weighted by molar-refractivity contribution is -0.121. The van der Waals surface area contributed by atoms with Gasteiger partial charge in [-0.15, -0.1) is 0 Å². The van der Waals surface area contributed by atoms with Crippen LogP contribution in [0.1, 0.15) is 18.4 Å². The summed E-state index contributed by atoms with van der Waals surface area (Å²) in [6.07, 6.45) is 1.14. The van der Waals surface area contributed by atoms with Gasteiger partial charge in [0, 0.05) is 25.8 Å². The van der Waals surface area contributed by atoms with Crippen LogP contribution >= 0.6 is 0 Å². The van der Waals surface area contributed by atoms with Gasteiger partial charge >= 0.3 is 0 Å². The second kappa shape index (κ2) is 8.30. The third-order valence-corrected chi connectivity index (χ3v) is 6.97. The van der Waals surface area contributed by atoms with Crippen LogP contribution in [-0.4, -0.2) is 45.4 Å². The molecule has 0 saturated carbocycles.